The van der Waals surface area contributed by atoms with Crippen molar-refractivity contribution in [3.8, 4) is 22.5 Å². The fourth-order valence-corrected chi connectivity index (χ4v) is 4.12. The predicted molar refractivity (Wildman–Crippen MR) is 123 cm³/mol. The van der Waals surface area contributed by atoms with Crippen molar-refractivity contribution in [2.24, 2.45) is 0 Å². The number of aromatic nitrogens is 4. The smallest absolute Gasteiger partial charge is 0.339 e. The van der Waals surface area contributed by atoms with Gasteiger partial charge in [-0.1, -0.05) is 18.6 Å². The minimum Gasteiger partial charge on any atom is -0.460 e. The van der Waals surface area contributed by atoms with E-state index in [9.17, 15) is 4.79 Å². The van der Waals surface area contributed by atoms with Crippen LogP contribution in [-0.4, -0.2) is 45.3 Å². The van der Waals surface area contributed by atoms with Crippen molar-refractivity contribution in [2.75, 3.05) is 13.2 Å². The van der Waals surface area contributed by atoms with Crippen molar-refractivity contribution in [3.05, 3.63) is 66.1 Å². The maximum atomic E-state index is 12.6. The molecular formula is C25H25N5O2. The van der Waals surface area contributed by atoms with E-state index in [1.165, 1.54) is 12.8 Å². The lowest BCUT2D eigenvalue weighted by Gasteiger charge is -2.22. The third-order valence-electron chi connectivity index (χ3n) is 5.84. The van der Waals surface area contributed by atoms with E-state index in [0.717, 1.165) is 52.1 Å². The highest BCUT2D eigenvalue weighted by Crippen LogP contribution is 2.31. The topological polar surface area (TPSA) is 92.8 Å². The normalized spacial score (nSPS) is 16.2. The molecule has 7 heteroatoms. The van der Waals surface area contributed by atoms with Crippen LogP contribution in [0.2, 0.25) is 0 Å². The summed E-state index contributed by atoms with van der Waals surface area (Å²) in [5.41, 5.74) is 5.83. The molecule has 1 aliphatic rings. The molecule has 1 aromatic carbocycles. The Labute approximate surface area is 186 Å². The maximum absolute atomic E-state index is 12.6. The molecule has 0 spiro atoms. The molecule has 3 aromatic heterocycles. The van der Waals surface area contributed by atoms with Gasteiger partial charge in [0.25, 0.3) is 0 Å². The number of fused-ring (bicyclic) bond motifs is 1. The Balaban J connectivity index is 1.41. The average Bonchev–Trinajstić information content (AvgIpc) is 3.32. The summed E-state index contributed by atoms with van der Waals surface area (Å²) >= 11 is 0. The van der Waals surface area contributed by atoms with Gasteiger partial charge in [-0.05, 0) is 62.2 Å². The molecule has 1 fully saturated rings. The number of piperidine rings is 1. The number of aromatic amines is 1. The van der Waals surface area contributed by atoms with E-state index in [2.05, 4.69) is 25.5 Å². The van der Waals surface area contributed by atoms with Crippen LogP contribution in [0, 0.1) is 6.92 Å². The average molecular weight is 428 g/mol. The second-order valence-electron chi connectivity index (χ2n) is 8.20. The Morgan fingerprint density at radius 1 is 1.16 bits per heavy atom. The van der Waals surface area contributed by atoms with Gasteiger partial charge in [-0.2, -0.15) is 5.10 Å². The van der Waals surface area contributed by atoms with E-state index >= 15 is 0 Å². The van der Waals surface area contributed by atoms with Crippen LogP contribution in [0.1, 0.15) is 35.3 Å². The second-order valence-corrected chi connectivity index (χ2v) is 8.20. The van der Waals surface area contributed by atoms with E-state index < -0.39 is 0 Å². The number of aryl methyl sites for hydroxylation is 1. The lowest BCUT2D eigenvalue weighted by Crippen LogP contribution is -2.38. The summed E-state index contributed by atoms with van der Waals surface area (Å²) in [6, 6.07) is 14.0. The standard InChI is InChI=1S/C25H25N5O2/c1-16-5-4-7-23(29-16)24-21(14-28-30-24)17-8-9-22-18(11-17)12-19(13-27-22)25(31)32-15-20-6-2-3-10-26-20/h4-5,7-9,11-14,20,26H,2-3,6,10,15H2,1H3,(H,28,30). The molecule has 1 saturated heterocycles. The van der Waals surface area contributed by atoms with Crippen LogP contribution in [0.4, 0.5) is 0 Å². The monoisotopic (exact) mass is 427 g/mol. The summed E-state index contributed by atoms with van der Waals surface area (Å²) in [6.45, 7) is 3.33. The first-order valence-corrected chi connectivity index (χ1v) is 11.0. The Bertz CT molecular complexity index is 1260. The second kappa shape index (κ2) is 8.88. The first kappa shape index (κ1) is 20.3. The van der Waals surface area contributed by atoms with E-state index in [1.807, 2.05) is 49.4 Å². The van der Waals surface area contributed by atoms with Gasteiger partial charge in [0.1, 0.15) is 6.61 Å². The van der Waals surface area contributed by atoms with E-state index in [1.54, 1.807) is 12.4 Å². The van der Waals surface area contributed by atoms with Gasteiger partial charge < -0.3 is 10.1 Å². The van der Waals surface area contributed by atoms with Crippen LogP contribution in [-0.2, 0) is 4.74 Å². The Kier molecular flexibility index (Phi) is 5.64. The quantitative estimate of drug-likeness (QED) is 0.462. The molecule has 0 aliphatic carbocycles. The number of nitrogens with zero attached hydrogens (tertiary/aromatic N) is 3. The van der Waals surface area contributed by atoms with Crippen molar-refractivity contribution in [1.29, 1.82) is 0 Å². The minimum atomic E-state index is -0.342. The molecule has 2 N–H and O–H groups in total. The Hall–Kier alpha value is -3.58. The molecule has 1 aliphatic heterocycles. The molecule has 7 nitrogen and oxygen atoms in total. The van der Waals surface area contributed by atoms with Crippen LogP contribution in [0.3, 0.4) is 0 Å². The Morgan fingerprint density at radius 3 is 2.94 bits per heavy atom. The number of hydrogen-bond donors (Lipinski definition) is 2. The number of hydrogen-bond acceptors (Lipinski definition) is 6. The molecule has 0 radical (unpaired) electrons. The van der Waals surface area contributed by atoms with E-state index in [4.69, 9.17) is 4.74 Å². The summed E-state index contributed by atoms with van der Waals surface area (Å²) in [4.78, 5) is 21.7. The largest absolute Gasteiger partial charge is 0.460 e. The SMILES string of the molecule is Cc1cccc(-c2[nH]ncc2-c2ccc3ncc(C(=O)OCC4CCCCN4)cc3c2)n1. The molecule has 0 bridgehead atoms. The number of ether oxygens (including phenoxy) is 1. The molecule has 5 rings (SSSR count). The molecule has 4 heterocycles. The van der Waals surface area contributed by atoms with Crippen LogP contribution in [0.5, 0.6) is 0 Å². The van der Waals surface area contributed by atoms with Gasteiger partial charge in [0.2, 0.25) is 0 Å². The fraction of sp³-hybridized carbons (Fsp3) is 0.280. The van der Waals surface area contributed by atoms with Gasteiger partial charge in [-0.3, -0.25) is 15.1 Å². The molecule has 32 heavy (non-hydrogen) atoms. The molecule has 1 atom stereocenters. The molecule has 0 saturated carbocycles. The van der Waals surface area contributed by atoms with Crippen molar-refractivity contribution in [3.63, 3.8) is 0 Å². The summed E-state index contributed by atoms with van der Waals surface area (Å²) in [5, 5.41) is 11.6. The summed E-state index contributed by atoms with van der Waals surface area (Å²) < 4.78 is 5.54. The molecule has 0 amide bonds. The highest BCUT2D eigenvalue weighted by molar-refractivity contribution is 5.95. The zero-order chi connectivity index (χ0) is 21.9. The molecule has 162 valence electrons. The minimum absolute atomic E-state index is 0.238. The number of benzene rings is 1. The zero-order valence-corrected chi connectivity index (χ0v) is 18.0. The van der Waals surface area contributed by atoms with Crippen LogP contribution in [0.15, 0.2) is 54.9 Å². The van der Waals surface area contributed by atoms with Crippen molar-refractivity contribution in [1.82, 2.24) is 25.5 Å². The molecular weight excluding hydrogens is 402 g/mol. The fourth-order valence-electron chi connectivity index (χ4n) is 4.12. The number of pyridine rings is 2. The number of rotatable bonds is 5. The van der Waals surface area contributed by atoms with Gasteiger partial charge in [0.05, 0.1) is 28.7 Å². The number of esters is 1. The van der Waals surface area contributed by atoms with E-state index in [0.29, 0.717) is 12.2 Å². The van der Waals surface area contributed by atoms with Crippen molar-refractivity contribution >= 4 is 16.9 Å². The molecule has 1 unspecified atom stereocenters. The first-order chi connectivity index (χ1) is 15.7. The van der Waals surface area contributed by atoms with Crippen LogP contribution in [0.25, 0.3) is 33.4 Å². The zero-order valence-electron chi connectivity index (χ0n) is 18.0. The van der Waals surface area contributed by atoms with Gasteiger partial charge in [0.15, 0.2) is 0 Å². The highest BCUT2D eigenvalue weighted by atomic mass is 16.5. The predicted octanol–water partition coefficient (Wildman–Crippen LogP) is 4.29. The lowest BCUT2D eigenvalue weighted by molar-refractivity contribution is 0.0451. The maximum Gasteiger partial charge on any atom is 0.339 e. The number of carbonyl (C=O) groups is 1. The van der Waals surface area contributed by atoms with Gasteiger partial charge in [-0.25, -0.2) is 4.79 Å². The van der Waals surface area contributed by atoms with E-state index in [-0.39, 0.29) is 12.0 Å². The van der Waals surface area contributed by atoms with Crippen molar-refractivity contribution in [2.45, 2.75) is 32.2 Å². The number of nitrogens with one attached hydrogen (secondary N) is 2. The molecule has 4 aromatic rings. The van der Waals surface area contributed by atoms with Gasteiger partial charge in [0, 0.05) is 28.9 Å². The summed E-state index contributed by atoms with van der Waals surface area (Å²) in [7, 11) is 0. The van der Waals surface area contributed by atoms with Crippen LogP contribution < -0.4 is 5.32 Å². The summed E-state index contributed by atoms with van der Waals surface area (Å²) in [5.74, 6) is -0.342. The Morgan fingerprint density at radius 2 is 2.09 bits per heavy atom. The lowest BCUT2D eigenvalue weighted by atomic mass is 10.0. The third-order valence-corrected chi connectivity index (χ3v) is 5.84. The van der Waals surface area contributed by atoms with Crippen molar-refractivity contribution < 1.29 is 9.53 Å². The van der Waals surface area contributed by atoms with Crippen LogP contribution >= 0.6 is 0 Å². The first-order valence-electron chi connectivity index (χ1n) is 11.0. The van der Waals surface area contributed by atoms with Gasteiger partial charge in [-0.15, -0.1) is 0 Å². The number of carbonyl (C=O) groups excluding carboxylic acids is 1. The highest BCUT2D eigenvalue weighted by Gasteiger charge is 2.17. The third kappa shape index (κ3) is 4.24. The van der Waals surface area contributed by atoms with Gasteiger partial charge >= 0.3 is 5.97 Å². The number of H-pyrrole nitrogens is 1. The summed E-state index contributed by atoms with van der Waals surface area (Å²) in [6.07, 6.45) is 6.76.